The number of alkyl halides is 1. The monoisotopic (exact) mass is 335 g/mol. The lowest BCUT2D eigenvalue weighted by Crippen LogP contribution is -2.24. The number of halogens is 2. The van der Waals surface area contributed by atoms with Crippen molar-refractivity contribution in [1.29, 1.82) is 0 Å². The third-order valence-corrected chi connectivity index (χ3v) is 3.04. The van der Waals surface area contributed by atoms with Gasteiger partial charge in [0.25, 0.3) is 5.91 Å². The fourth-order valence-corrected chi connectivity index (χ4v) is 1.80. The highest BCUT2D eigenvalue weighted by Gasteiger charge is 2.06. The molecule has 1 amide bonds. The quantitative estimate of drug-likeness (QED) is 0.500. The number of hydrogen-bond donors (Lipinski definition) is 1. The lowest BCUT2D eigenvalue weighted by molar-refractivity contribution is 0.0952. The molecule has 0 atom stereocenters. The van der Waals surface area contributed by atoms with Gasteiger partial charge in [0, 0.05) is 12.1 Å². The Balaban J connectivity index is 2.50. The minimum absolute atomic E-state index is 0.202. The fraction of sp³-hybridized carbons (Fsp3) is 0.417. The van der Waals surface area contributed by atoms with Crippen LogP contribution in [-0.4, -0.2) is 16.9 Å². The molecule has 0 bridgehead atoms. The Bertz CT molecular complexity index is 368. The number of amides is 1. The molecule has 0 saturated carbocycles. The van der Waals surface area contributed by atoms with E-state index in [1.807, 2.05) is 0 Å². The summed E-state index contributed by atoms with van der Waals surface area (Å²) < 4.78 is 14.3. The van der Waals surface area contributed by atoms with Crippen molar-refractivity contribution in [3.8, 4) is 0 Å². The molecule has 88 valence electrons. The van der Waals surface area contributed by atoms with Crippen LogP contribution in [0.5, 0.6) is 0 Å². The van der Waals surface area contributed by atoms with Crippen LogP contribution >= 0.6 is 22.6 Å². The van der Waals surface area contributed by atoms with Crippen molar-refractivity contribution in [2.75, 3.05) is 11.0 Å². The molecule has 2 nitrogen and oxygen atoms in total. The number of nitrogens with one attached hydrogen (secondary N) is 1. The maximum absolute atomic E-state index is 13.2. The van der Waals surface area contributed by atoms with Crippen LogP contribution < -0.4 is 5.32 Å². The number of benzene rings is 1. The molecule has 0 spiro atoms. The van der Waals surface area contributed by atoms with E-state index in [9.17, 15) is 9.18 Å². The van der Waals surface area contributed by atoms with E-state index < -0.39 is 0 Å². The SMILES string of the molecule is Cc1ccc(C(=O)NCCCCI)cc1F. The summed E-state index contributed by atoms with van der Waals surface area (Å²) in [6.07, 6.45) is 2.05. The molecule has 1 aromatic rings. The number of carbonyl (C=O) groups is 1. The van der Waals surface area contributed by atoms with Gasteiger partial charge in [-0.15, -0.1) is 0 Å². The van der Waals surface area contributed by atoms with Crippen molar-refractivity contribution in [2.24, 2.45) is 0 Å². The molecular formula is C12H15FINO. The van der Waals surface area contributed by atoms with Crippen LogP contribution in [0, 0.1) is 12.7 Å². The molecule has 1 aromatic carbocycles. The molecule has 0 fully saturated rings. The van der Waals surface area contributed by atoms with E-state index in [1.54, 1.807) is 19.1 Å². The molecule has 1 N–H and O–H groups in total. The number of aryl methyl sites for hydroxylation is 1. The van der Waals surface area contributed by atoms with E-state index in [-0.39, 0.29) is 11.7 Å². The Labute approximate surface area is 109 Å². The Morgan fingerprint density at radius 1 is 1.44 bits per heavy atom. The third kappa shape index (κ3) is 4.08. The predicted molar refractivity (Wildman–Crippen MR) is 71.6 cm³/mol. The van der Waals surface area contributed by atoms with Crippen LogP contribution in [0.15, 0.2) is 18.2 Å². The van der Waals surface area contributed by atoms with Gasteiger partial charge in [-0.25, -0.2) is 4.39 Å². The zero-order valence-corrected chi connectivity index (χ0v) is 11.4. The zero-order valence-electron chi connectivity index (χ0n) is 9.22. The first kappa shape index (κ1) is 13.4. The molecule has 16 heavy (non-hydrogen) atoms. The predicted octanol–water partition coefficient (Wildman–Crippen LogP) is 3.08. The molecule has 0 heterocycles. The van der Waals surface area contributed by atoms with Crippen LogP contribution in [-0.2, 0) is 0 Å². The molecular weight excluding hydrogens is 320 g/mol. The molecule has 0 aliphatic carbocycles. The van der Waals surface area contributed by atoms with Gasteiger partial charge >= 0.3 is 0 Å². The van der Waals surface area contributed by atoms with E-state index in [1.165, 1.54) is 6.07 Å². The van der Waals surface area contributed by atoms with E-state index in [0.29, 0.717) is 17.7 Å². The van der Waals surface area contributed by atoms with Crippen molar-refractivity contribution in [2.45, 2.75) is 19.8 Å². The number of rotatable bonds is 5. The summed E-state index contributed by atoms with van der Waals surface area (Å²) in [5.41, 5.74) is 0.944. The molecule has 0 aromatic heterocycles. The van der Waals surface area contributed by atoms with Gasteiger partial charge < -0.3 is 5.32 Å². The smallest absolute Gasteiger partial charge is 0.251 e. The lowest BCUT2D eigenvalue weighted by atomic mass is 10.1. The van der Waals surface area contributed by atoms with Gasteiger partial charge in [0.1, 0.15) is 5.82 Å². The topological polar surface area (TPSA) is 29.1 Å². The van der Waals surface area contributed by atoms with Gasteiger partial charge in [-0.05, 0) is 41.9 Å². The highest BCUT2D eigenvalue weighted by Crippen LogP contribution is 2.09. The van der Waals surface area contributed by atoms with Crippen molar-refractivity contribution in [1.82, 2.24) is 5.32 Å². The van der Waals surface area contributed by atoms with Crippen molar-refractivity contribution in [3.63, 3.8) is 0 Å². The molecule has 0 radical (unpaired) electrons. The van der Waals surface area contributed by atoms with Crippen LogP contribution in [0.1, 0.15) is 28.8 Å². The van der Waals surface area contributed by atoms with Crippen molar-refractivity contribution >= 4 is 28.5 Å². The summed E-state index contributed by atoms with van der Waals surface area (Å²) in [7, 11) is 0. The van der Waals surface area contributed by atoms with E-state index >= 15 is 0 Å². The molecule has 0 saturated heterocycles. The maximum atomic E-state index is 13.2. The standard InChI is InChI=1S/C12H15FINO/c1-9-4-5-10(8-11(9)13)12(16)15-7-3-2-6-14/h4-5,8H,2-3,6-7H2,1H3,(H,15,16). The molecule has 4 heteroatoms. The van der Waals surface area contributed by atoms with Crippen LogP contribution in [0.4, 0.5) is 4.39 Å². The normalized spacial score (nSPS) is 10.2. The average molecular weight is 335 g/mol. The van der Waals surface area contributed by atoms with Crippen molar-refractivity contribution < 1.29 is 9.18 Å². The lowest BCUT2D eigenvalue weighted by Gasteiger charge is -2.05. The van der Waals surface area contributed by atoms with E-state index in [2.05, 4.69) is 27.9 Å². The highest BCUT2D eigenvalue weighted by atomic mass is 127. The summed E-state index contributed by atoms with van der Waals surface area (Å²) in [4.78, 5) is 11.6. The molecule has 0 unspecified atom stereocenters. The van der Waals surface area contributed by atoms with Gasteiger partial charge in [0.15, 0.2) is 0 Å². The second-order valence-electron chi connectivity index (χ2n) is 3.62. The summed E-state index contributed by atoms with van der Waals surface area (Å²) in [6.45, 7) is 2.33. The molecule has 0 aliphatic heterocycles. The first-order chi connectivity index (χ1) is 7.65. The zero-order chi connectivity index (χ0) is 12.0. The highest BCUT2D eigenvalue weighted by molar-refractivity contribution is 14.1. The van der Waals surface area contributed by atoms with Crippen LogP contribution in [0.3, 0.4) is 0 Å². The van der Waals surface area contributed by atoms with Gasteiger partial charge in [-0.3, -0.25) is 4.79 Å². The largest absolute Gasteiger partial charge is 0.352 e. The average Bonchev–Trinajstić information content (AvgIpc) is 2.28. The van der Waals surface area contributed by atoms with Gasteiger partial charge in [0.05, 0.1) is 0 Å². The summed E-state index contributed by atoms with van der Waals surface area (Å²) >= 11 is 2.30. The van der Waals surface area contributed by atoms with Gasteiger partial charge in [0.2, 0.25) is 0 Å². The second-order valence-corrected chi connectivity index (χ2v) is 4.69. The minimum Gasteiger partial charge on any atom is -0.352 e. The Hall–Kier alpha value is -0.650. The van der Waals surface area contributed by atoms with Crippen molar-refractivity contribution in [3.05, 3.63) is 35.1 Å². The fourth-order valence-electron chi connectivity index (χ4n) is 1.26. The second kappa shape index (κ2) is 6.83. The first-order valence-electron chi connectivity index (χ1n) is 5.25. The van der Waals surface area contributed by atoms with Crippen LogP contribution in [0.2, 0.25) is 0 Å². The Morgan fingerprint density at radius 2 is 2.19 bits per heavy atom. The summed E-state index contributed by atoms with van der Waals surface area (Å²) in [5.74, 6) is -0.535. The molecule has 0 aliphatic rings. The Kier molecular flexibility index (Phi) is 5.73. The van der Waals surface area contributed by atoms with E-state index in [4.69, 9.17) is 0 Å². The minimum atomic E-state index is -0.333. The first-order valence-corrected chi connectivity index (χ1v) is 6.78. The molecule has 1 rings (SSSR count). The number of carbonyl (C=O) groups excluding carboxylic acids is 1. The van der Waals surface area contributed by atoms with Gasteiger partial charge in [-0.2, -0.15) is 0 Å². The number of unbranched alkanes of at least 4 members (excludes halogenated alkanes) is 1. The number of hydrogen-bond acceptors (Lipinski definition) is 1. The van der Waals surface area contributed by atoms with E-state index in [0.717, 1.165) is 17.3 Å². The summed E-state index contributed by atoms with van der Waals surface area (Å²) in [5, 5.41) is 2.77. The van der Waals surface area contributed by atoms with Gasteiger partial charge in [-0.1, -0.05) is 28.7 Å². The van der Waals surface area contributed by atoms with Crippen LogP contribution in [0.25, 0.3) is 0 Å². The third-order valence-electron chi connectivity index (χ3n) is 2.28. The summed E-state index contributed by atoms with van der Waals surface area (Å²) in [6, 6.07) is 4.55. The maximum Gasteiger partial charge on any atom is 0.251 e. The Morgan fingerprint density at radius 3 is 2.81 bits per heavy atom.